The van der Waals surface area contributed by atoms with Crippen molar-refractivity contribution in [1.29, 1.82) is 0 Å². The van der Waals surface area contributed by atoms with Gasteiger partial charge in [-0.25, -0.2) is 9.78 Å². The quantitative estimate of drug-likeness (QED) is 0.775. The molecule has 28 heavy (non-hydrogen) atoms. The Hall–Kier alpha value is -2.48. The van der Waals surface area contributed by atoms with Gasteiger partial charge in [-0.3, -0.25) is 9.78 Å². The molecule has 5 rings (SSSR count). The van der Waals surface area contributed by atoms with E-state index in [4.69, 9.17) is 14.5 Å². The summed E-state index contributed by atoms with van der Waals surface area (Å²) >= 11 is 1.77. The molecule has 0 aliphatic carbocycles. The second-order valence-electron chi connectivity index (χ2n) is 7.40. The van der Waals surface area contributed by atoms with Gasteiger partial charge < -0.3 is 14.4 Å². The van der Waals surface area contributed by atoms with E-state index in [1.54, 1.807) is 24.9 Å². The molecule has 0 unspecified atom stereocenters. The molecule has 0 bridgehead atoms. The van der Waals surface area contributed by atoms with E-state index < -0.39 is 5.60 Å². The zero-order valence-corrected chi connectivity index (χ0v) is 16.4. The Bertz CT molecular complexity index is 1010. The molecule has 1 saturated heterocycles. The van der Waals surface area contributed by atoms with Crippen LogP contribution in [0.4, 0.5) is 5.95 Å². The molecule has 8 heteroatoms. The van der Waals surface area contributed by atoms with Crippen molar-refractivity contribution in [3.05, 3.63) is 50.9 Å². The number of fused-ring (bicyclic) bond motifs is 3. The topological polar surface area (TPSA) is 84.5 Å². The molecule has 3 aliphatic rings. The van der Waals surface area contributed by atoms with Gasteiger partial charge in [0, 0.05) is 42.8 Å². The molecular weight excluding hydrogens is 378 g/mol. The lowest BCUT2D eigenvalue weighted by Crippen LogP contribution is -2.44. The molecule has 3 aliphatic heterocycles. The highest BCUT2D eigenvalue weighted by molar-refractivity contribution is 7.98. The number of aryl methyl sites for hydroxylation is 1. The zero-order valence-electron chi connectivity index (χ0n) is 15.6. The van der Waals surface area contributed by atoms with E-state index in [-0.39, 0.29) is 11.5 Å². The summed E-state index contributed by atoms with van der Waals surface area (Å²) in [6.07, 6.45) is 2.16. The van der Waals surface area contributed by atoms with Gasteiger partial charge in [-0.2, -0.15) is 11.8 Å². The number of nitrogens with zero attached hydrogens (tertiary/aromatic N) is 2. The number of esters is 1. The molecule has 0 amide bonds. The Morgan fingerprint density at radius 1 is 1.29 bits per heavy atom. The minimum atomic E-state index is -0.597. The maximum absolute atomic E-state index is 12.4. The van der Waals surface area contributed by atoms with Crippen LogP contribution in [0.25, 0.3) is 0 Å². The molecule has 1 spiro atoms. The number of thioether (sulfide) groups is 1. The van der Waals surface area contributed by atoms with Gasteiger partial charge in [0.05, 0.1) is 18.4 Å². The molecular formula is C20H21N3O4S. The minimum Gasteiger partial charge on any atom is -0.497 e. The molecule has 2 aromatic rings. The molecule has 1 N–H and O–H groups in total. The van der Waals surface area contributed by atoms with Crippen LogP contribution in [-0.2, 0) is 22.5 Å². The number of hydrogen-bond acceptors (Lipinski definition) is 7. The van der Waals surface area contributed by atoms with Crippen molar-refractivity contribution >= 4 is 23.7 Å². The van der Waals surface area contributed by atoms with Crippen LogP contribution in [0.15, 0.2) is 23.0 Å². The van der Waals surface area contributed by atoms with Gasteiger partial charge in [-0.05, 0) is 24.3 Å². The number of ether oxygens (including phenoxy) is 2. The zero-order chi connectivity index (χ0) is 19.3. The summed E-state index contributed by atoms with van der Waals surface area (Å²) in [7, 11) is 1.58. The van der Waals surface area contributed by atoms with Crippen LogP contribution in [0.5, 0.6) is 5.75 Å². The van der Waals surface area contributed by atoms with E-state index in [2.05, 4.69) is 9.88 Å². The Labute approximate surface area is 166 Å². The number of carbonyl (C=O) groups excluding carboxylic acids is 1. The first-order chi connectivity index (χ1) is 13.6. The van der Waals surface area contributed by atoms with E-state index >= 15 is 0 Å². The standard InChI is InChI=1S/C20H21N3O4S/c1-26-12-2-3-15-13(10-12)18(25)27-20(15)5-7-23(8-6-20)19-21-16-4-9-28-11-14(16)17(24)22-19/h2-3,10H,4-9,11H2,1H3,(H,21,22,24). The predicted octanol–water partition coefficient (Wildman–Crippen LogP) is 2.23. The normalized spacial score (nSPS) is 19.9. The van der Waals surface area contributed by atoms with Crippen molar-refractivity contribution in [1.82, 2.24) is 9.97 Å². The number of carbonyl (C=O) groups is 1. The molecule has 0 atom stereocenters. The van der Waals surface area contributed by atoms with E-state index in [0.29, 0.717) is 43.2 Å². The highest BCUT2D eigenvalue weighted by atomic mass is 32.2. The number of methoxy groups -OCH3 is 1. The fourth-order valence-electron chi connectivity index (χ4n) is 4.33. The number of piperidine rings is 1. The second-order valence-corrected chi connectivity index (χ2v) is 8.50. The summed E-state index contributed by atoms with van der Waals surface area (Å²) in [4.78, 5) is 34.6. The third kappa shape index (κ3) is 2.70. The first-order valence-electron chi connectivity index (χ1n) is 9.46. The number of aromatic nitrogens is 2. The van der Waals surface area contributed by atoms with Crippen LogP contribution in [0.1, 0.15) is 40.0 Å². The average molecular weight is 399 g/mol. The van der Waals surface area contributed by atoms with Crippen molar-refractivity contribution < 1.29 is 14.3 Å². The van der Waals surface area contributed by atoms with Gasteiger partial charge in [0.15, 0.2) is 0 Å². The van der Waals surface area contributed by atoms with E-state index in [1.807, 2.05) is 12.1 Å². The summed E-state index contributed by atoms with van der Waals surface area (Å²) in [6.45, 7) is 1.32. The first kappa shape index (κ1) is 17.6. The molecule has 0 radical (unpaired) electrons. The third-order valence-electron chi connectivity index (χ3n) is 5.91. The summed E-state index contributed by atoms with van der Waals surface area (Å²) in [6, 6.07) is 5.56. The van der Waals surface area contributed by atoms with Gasteiger partial charge in [-0.1, -0.05) is 6.07 Å². The third-order valence-corrected chi connectivity index (χ3v) is 6.90. The molecule has 146 valence electrons. The van der Waals surface area contributed by atoms with Crippen LogP contribution in [0.3, 0.4) is 0 Å². The first-order valence-corrected chi connectivity index (χ1v) is 10.6. The van der Waals surface area contributed by atoms with Crippen molar-refractivity contribution in [2.24, 2.45) is 0 Å². The van der Waals surface area contributed by atoms with Crippen LogP contribution in [0.2, 0.25) is 0 Å². The number of H-pyrrole nitrogens is 1. The van der Waals surface area contributed by atoms with E-state index in [0.717, 1.165) is 34.7 Å². The smallest absolute Gasteiger partial charge is 0.339 e. The second kappa shape index (κ2) is 6.55. The van der Waals surface area contributed by atoms with Crippen LogP contribution in [0, 0.1) is 0 Å². The number of benzene rings is 1. The fourth-order valence-corrected chi connectivity index (χ4v) is 5.32. The van der Waals surface area contributed by atoms with Crippen molar-refractivity contribution in [2.45, 2.75) is 30.6 Å². The number of anilines is 1. The fraction of sp³-hybridized carbons (Fsp3) is 0.450. The van der Waals surface area contributed by atoms with Gasteiger partial charge in [0.25, 0.3) is 5.56 Å². The molecule has 1 fully saturated rings. The summed E-state index contributed by atoms with van der Waals surface area (Å²) in [5.74, 6) is 2.73. The molecule has 1 aromatic heterocycles. The lowest BCUT2D eigenvalue weighted by Gasteiger charge is -2.39. The lowest BCUT2D eigenvalue weighted by atomic mass is 9.84. The lowest BCUT2D eigenvalue weighted by molar-refractivity contribution is -0.0211. The van der Waals surface area contributed by atoms with E-state index in [1.165, 1.54) is 0 Å². The highest BCUT2D eigenvalue weighted by Gasteiger charge is 2.47. The van der Waals surface area contributed by atoms with Crippen molar-refractivity contribution in [3.63, 3.8) is 0 Å². The maximum atomic E-state index is 12.4. The Kier molecular flexibility index (Phi) is 4.12. The largest absolute Gasteiger partial charge is 0.497 e. The minimum absolute atomic E-state index is 0.0304. The molecule has 7 nitrogen and oxygen atoms in total. The van der Waals surface area contributed by atoms with Crippen molar-refractivity contribution in [2.75, 3.05) is 30.9 Å². The summed E-state index contributed by atoms with van der Waals surface area (Å²) in [5.41, 5.74) is 2.62. The molecule has 0 saturated carbocycles. The SMILES string of the molecule is COc1ccc2c(c1)C(=O)OC21CCN(c2nc3c(c(=O)[nH]2)CSCC3)CC1. The summed E-state index contributed by atoms with van der Waals surface area (Å²) < 4.78 is 11.1. The molecule has 1 aromatic carbocycles. The Balaban J connectivity index is 1.40. The number of hydrogen-bond donors (Lipinski definition) is 1. The van der Waals surface area contributed by atoms with Crippen LogP contribution < -0.4 is 15.2 Å². The number of nitrogens with one attached hydrogen (secondary N) is 1. The van der Waals surface area contributed by atoms with Crippen molar-refractivity contribution in [3.8, 4) is 5.75 Å². The van der Waals surface area contributed by atoms with E-state index in [9.17, 15) is 9.59 Å². The van der Waals surface area contributed by atoms with Gasteiger partial charge in [0.2, 0.25) is 5.95 Å². The highest BCUT2D eigenvalue weighted by Crippen LogP contribution is 2.45. The van der Waals surface area contributed by atoms with Crippen LogP contribution >= 0.6 is 11.8 Å². The monoisotopic (exact) mass is 399 g/mol. The number of aromatic amines is 1. The summed E-state index contributed by atoms with van der Waals surface area (Å²) in [5, 5.41) is 0. The van der Waals surface area contributed by atoms with Gasteiger partial charge >= 0.3 is 5.97 Å². The molecule has 4 heterocycles. The maximum Gasteiger partial charge on any atom is 0.339 e. The van der Waals surface area contributed by atoms with Gasteiger partial charge in [0.1, 0.15) is 11.4 Å². The van der Waals surface area contributed by atoms with Crippen LogP contribution in [-0.4, -0.2) is 41.9 Å². The predicted molar refractivity (Wildman–Crippen MR) is 106 cm³/mol. The Morgan fingerprint density at radius 3 is 2.89 bits per heavy atom. The number of rotatable bonds is 2. The Morgan fingerprint density at radius 2 is 2.11 bits per heavy atom. The van der Waals surface area contributed by atoms with Gasteiger partial charge in [-0.15, -0.1) is 0 Å². The average Bonchev–Trinajstić information content (AvgIpc) is 2.99.